The summed E-state index contributed by atoms with van der Waals surface area (Å²) in [6.07, 6.45) is 6.65. The molecule has 1 rings (SSSR count). The number of carbonyl (C=O) groups excluding carboxylic acids is 1. The summed E-state index contributed by atoms with van der Waals surface area (Å²) in [5, 5.41) is 8.32. The number of hydrogen-bond donors (Lipinski definition) is 1. The maximum atomic E-state index is 10.1. The fraction of sp³-hybridized carbons (Fsp3) is 0.846. The molecule has 0 saturated carbocycles. The Balaban J connectivity index is 0.000000351. The van der Waals surface area contributed by atoms with Gasteiger partial charge < -0.3 is 14.6 Å². The molecule has 106 valence electrons. The van der Waals surface area contributed by atoms with Crippen LogP contribution in [-0.2, 0) is 14.3 Å². The lowest BCUT2D eigenvalue weighted by Crippen LogP contribution is -2.01. The molecule has 1 N–H and O–H groups in total. The molecule has 5 nitrogen and oxygen atoms in total. The highest BCUT2D eigenvalue weighted by Gasteiger charge is 2.19. The van der Waals surface area contributed by atoms with E-state index in [-0.39, 0.29) is 6.10 Å². The van der Waals surface area contributed by atoms with E-state index in [9.17, 15) is 9.59 Å². The molecule has 1 saturated heterocycles. The first-order valence-corrected chi connectivity index (χ1v) is 6.61. The number of cyclic esters (lactones) is 2. The van der Waals surface area contributed by atoms with Crippen LogP contribution in [0.4, 0.5) is 4.79 Å². The molecule has 0 aromatic heterocycles. The van der Waals surface area contributed by atoms with E-state index >= 15 is 0 Å². The van der Waals surface area contributed by atoms with Crippen LogP contribution in [0.25, 0.3) is 0 Å². The molecule has 0 aromatic rings. The highest BCUT2D eigenvalue weighted by atomic mass is 16.8. The van der Waals surface area contributed by atoms with Gasteiger partial charge in [0.2, 0.25) is 0 Å². The first-order valence-electron chi connectivity index (χ1n) is 6.61. The maximum absolute atomic E-state index is 10.1. The summed E-state index contributed by atoms with van der Waals surface area (Å²) in [5.74, 6) is -0.666. The van der Waals surface area contributed by atoms with Gasteiger partial charge in [-0.2, -0.15) is 0 Å². The molecule has 1 atom stereocenters. The largest absolute Gasteiger partial charge is 0.508 e. The monoisotopic (exact) mass is 260 g/mol. The highest BCUT2D eigenvalue weighted by Crippen LogP contribution is 2.06. The Morgan fingerprint density at radius 2 is 1.89 bits per heavy atom. The SMILES string of the molecule is CC1COC(=O)O1.CCCCCCCCC(=O)O. The molecule has 1 aliphatic rings. The third-order valence-electron chi connectivity index (χ3n) is 2.48. The van der Waals surface area contributed by atoms with Crippen molar-refractivity contribution in [2.24, 2.45) is 0 Å². The number of carbonyl (C=O) groups is 2. The number of aliphatic carboxylic acids is 1. The van der Waals surface area contributed by atoms with Gasteiger partial charge in [-0.05, 0) is 13.3 Å². The van der Waals surface area contributed by atoms with Crippen molar-refractivity contribution in [3.63, 3.8) is 0 Å². The molecule has 0 bridgehead atoms. The normalized spacial score (nSPS) is 17.4. The Kier molecular flexibility index (Phi) is 10.1. The zero-order chi connectivity index (χ0) is 13.8. The van der Waals surface area contributed by atoms with Crippen molar-refractivity contribution in [2.75, 3.05) is 6.61 Å². The summed E-state index contributed by atoms with van der Waals surface area (Å²) in [6.45, 7) is 4.36. The molecule has 0 aromatic carbocycles. The second-order valence-electron chi connectivity index (χ2n) is 4.40. The van der Waals surface area contributed by atoms with E-state index in [1.807, 2.05) is 0 Å². The lowest BCUT2D eigenvalue weighted by molar-refractivity contribution is -0.137. The maximum Gasteiger partial charge on any atom is 0.508 e. The number of unbranched alkanes of at least 4 members (excludes halogenated alkanes) is 5. The first kappa shape index (κ1) is 16.7. The van der Waals surface area contributed by atoms with Crippen molar-refractivity contribution in [2.45, 2.75) is 64.9 Å². The average Bonchev–Trinajstić information content (AvgIpc) is 2.68. The second kappa shape index (κ2) is 10.9. The Morgan fingerprint density at radius 3 is 2.28 bits per heavy atom. The standard InChI is InChI=1S/C9H18O2.C4H6O3/c1-2-3-4-5-6-7-8-9(10)11;1-3-2-6-4(5)7-3/h2-8H2,1H3,(H,10,11);3H,2H2,1H3. The Bertz CT molecular complexity index is 240. The van der Waals surface area contributed by atoms with Crippen LogP contribution in [0.5, 0.6) is 0 Å². The van der Waals surface area contributed by atoms with Gasteiger partial charge in [0.1, 0.15) is 12.7 Å². The van der Waals surface area contributed by atoms with Crippen molar-refractivity contribution >= 4 is 12.1 Å². The van der Waals surface area contributed by atoms with Crippen molar-refractivity contribution in [3.8, 4) is 0 Å². The van der Waals surface area contributed by atoms with Gasteiger partial charge in [0.05, 0.1) is 0 Å². The van der Waals surface area contributed by atoms with E-state index in [4.69, 9.17) is 5.11 Å². The topological polar surface area (TPSA) is 72.8 Å². The molecule has 1 heterocycles. The zero-order valence-electron chi connectivity index (χ0n) is 11.3. The van der Waals surface area contributed by atoms with E-state index in [1.54, 1.807) is 6.92 Å². The van der Waals surface area contributed by atoms with Crippen LogP contribution in [0.2, 0.25) is 0 Å². The van der Waals surface area contributed by atoms with Gasteiger partial charge in [0.25, 0.3) is 0 Å². The van der Waals surface area contributed by atoms with Crippen molar-refractivity contribution in [1.82, 2.24) is 0 Å². The van der Waals surface area contributed by atoms with Gasteiger partial charge in [-0.25, -0.2) is 4.79 Å². The van der Waals surface area contributed by atoms with Crippen LogP contribution >= 0.6 is 0 Å². The average molecular weight is 260 g/mol. The van der Waals surface area contributed by atoms with Gasteiger partial charge in [-0.3, -0.25) is 4.79 Å². The van der Waals surface area contributed by atoms with Gasteiger partial charge >= 0.3 is 12.1 Å². The minimum absolute atomic E-state index is 0.0486. The third-order valence-corrected chi connectivity index (χ3v) is 2.48. The number of carboxylic acid groups (broad SMARTS) is 1. The number of carboxylic acids is 1. The molecule has 1 fully saturated rings. The third kappa shape index (κ3) is 11.2. The fourth-order valence-corrected chi connectivity index (χ4v) is 1.47. The Morgan fingerprint density at radius 1 is 1.28 bits per heavy atom. The van der Waals surface area contributed by atoms with Gasteiger partial charge in [-0.15, -0.1) is 0 Å². The first-order chi connectivity index (χ1) is 8.56. The predicted molar refractivity (Wildman–Crippen MR) is 67.5 cm³/mol. The van der Waals surface area contributed by atoms with Gasteiger partial charge in [-0.1, -0.05) is 39.0 Å². The van der Waals surface area contributed by atoms with E-state index < -0.39 is 12.1 Å². The summed E-state index contributed by atoms with van der Waals surface area (Å²) in [6, 6.07) is 0. The second-order valence-corrected chi connectivity index (χ2v) is 4.40. The van der Waals surface area contributed by atoms with Gasteiger partial charge in [0, 0.05) is 6.42 Å². The summed E-state index contributed by atoms with van der Waals surface area (Å²) in [5.41, 5.74) is 0. The molecule has 1 unspecified atom stereocenters. The quantitative estimate of drug-likeness (QED) is 0.561. The molecule has 18 heavy (non-hydrogen) atoms. The lowest BCUT2D eigenvalue weighted by Gasteiger charge is -1.97. The molecule has 0 amide bonds. The van der Waals surface area contributed by atoms with E-state index in [1.165, 1.54) is 25.7 Å². The number of hydrogen-bond acceptors (Lipinski definition) is 4. The van der Waals surface area contributed by atoms with Gasteiger partial charge in [0.15, 0.2) is 0 Å². The van der Waals surface area contributed by atoms with Crippen molar-refractivity contribution < 1.29 is 24.2 Å². The highest BCUT2D eigenvalue weighted by molar-refractivity contribution is 5.66. The zero-order valence-corrected chi connectivity index (χ0v) is 11.3. The van der Waals surface area contributed by atoms with Crippen LogP contribution in [0.15, 0.2) is 0 Å². The molecule has 0 aliphatic carbocycles. The molecular weight excluding hydrogens is 236 g/mol. The summed E-state index contributed by atoms with van der Waals surface area (Å²) >= 11 is 0. The fourth-order valence-electron chi connectivity index (χ4n) is 1.47. The minimum Gasteiger partial charge on any atom is -0.481 e. The Labute approximate surface area is 108 Å². The van der Waals surface area contributed by atoms with E-state index in [2.05, 4.69) is 16.4 Å². The minimum atomic E-state index is -0.666. The van der Waals surface area contributed by atoms with Crippen LogP contribution in [0.1, 0.15) is 58.8 Å². The molecular formula is C13H24O5. The molecule has 5 heteroatoms. The van der Waals surface area contributed by atoms with Crippen LogP contribution < -0.4 is 0 Å². The molecule has 0 spiro atoms. The Hall–Kier alpha value is -1.26. The number of ether oxygens (including phenoxy) is 2. The van der Waals surface area contributed by atoms with E-state index in [0.29, 0.717) is 13.0 Å². The van der Waals surface area contributed by atoms with Crippen molar-refractivity contribution in [3.05, 3.63) is 0 Å². The summed E-state index contributed by atoms with van der Waals surface area (Å²) < 4.78 is 8.90. The number of rotatable bonds is 7. The van der Waals surface area contributed by atoms with E-state index in [0.717, 1.165) is 12.8 Å². The van der Waals surface area contributed by atoms with Crippen LogP contribution in [0, 0.1) is 0 Å². The lowest BCUT2D eigenvalue weighted by atomic mass is 10.1. The van der Waals surface area contributed by atoms with Crippen LogP contribution in [0.3, 0.4) is 0 Å². The van der Waals surface area contributed by atoms with Crippen molar-refractivity contribution in [1.29, 1.82) is 0 Å². The predicted octanol–water partition coefficient (Wildman–Crippen LogP) is 3.36. The van der Waals surface area contributed by atoms with Crippen LogP contribution in [-0.4, -0.2) is 29.9 Å². The molecule has 0 radical (unpaired) electrons. The summed E-state index contributed by atoms with van der Waals surface area (Å²) in [4.78, 5) is 20.1. The molecule has 1 aliphatic heterocycles. The smallest absolute Gasteiger partial charge is 0.481 e. The summed E-state index contributed by atoms with van der Waals surface area (Å²) in [7, 11) is 0.